The van der Waals surface area contributed by atoms with Crippen LogP contribution in [-0.4, -0.2) is 46.5 Å². The number of unbranched alkanes of at least 4 members (excludes halogenated alkanes) is 4. The zero-order valence-electron chi connectivity index (χ0n) is 26.5. The van der Waals surface area contributed by atoms with Gasteiger partial charge in [0.05, 0.1) is 0 Å². The highest BCUT2D eigenvalue weighted by Gasteiger charge is 2.37. The smallest absolute Gasteiger partial charge is 0.408 e. The number of alkyl carbamates (subject to hydrolysis) is 1. The number of hydrogen-bond acceptors (Lipinski definition) is 4. The molecule has 7 heteroatoms. The maximum absolute atomic E-state index is 14.5. The van der Waals surface area contributed by atoms with Gasteiger partial charge in [-0.1, -0.05) is 81.0 Å². The molecular weight excluding hydrogens is 526 g/mol. The molecule has 42 heavy (non-hydrogen) atoms. The molecule has 228 valence electrons. The van der Waals surface area contributed by atoms with Crippen LogP contribution in [0.25, 0.3) is 0 Å². The summed E-state index contributed by atoms with van der Waals surface area (Å²) in [6.45, 7) is 13.5. The lowest BCUT2D eigenvalue weighted by atomic mass is 9.97. The number of ether oxygens (including phenoxy) is 1. The minimum absolute atomic E-state index is 0.245. The fourth-order valence-corrected chi connectivity index (χ4v) is 4.62. The monoisotopic (exact) mass is 575 g/mol. The predicted molar refractivity (Wildman–Crippen MR) is 169 cm³/mol. The number of nitrogens with one attached hydrogen (secondary N) is 2. The van der Waals surface area contributed by atoms with Crippen LogP contribution in [0.1, 0.15) is 103 Å². The van der Waals surface area contributed by atoms with Gasteiger partial charge in [0, 0.05) is 24.1 Å². The number of carbonyl (C=O) groups is 3. The number of benzene rings is 2. The third kappa shape index (κ3) is 12.0. The highest BCUT2D eigenvalue weighted by molar-refractivity contribution is 5.92. The molecule has 2 aromatic rings. The SMILES string of the molecule is C#Cc1ccc(C(C(=O)NC(C)(C)C)N(CCCCCCC)C(=O)C(Cc2ccccc2)NC(=O)OC(C)(C)C)cc1. The highest BCUT2D eigenvalue weighted by atomic mass is 16.6. The van der Waals surface area contributed by atoms with Gasteiger partial charge in [-0.2, -0.15) is 0 Å². The van der Waals surface area contributed by atoms with Crippen LogP contribution in [-0.2, 0) is 20.7 Å². The first-order valence-corrected chi connectivity index (χ1v) is 15.0. The average molecular weight is 576 g/mol. The van der Waals surface area contributed by atoms with Crippen molar-refractivity contribution < 1.29 is 19.1 Å². The molecule has 0 saturated carbocycles. The van der Waals surface area contributed by atoms with Gasteiger partial charge in [-0.05, 0) is 71.2 Å². The summed E-state index contributed by atoms with van der Waals surface area (Å²) in [5.74, 6) is 1.96. The van der Waals surface area contributed by atoms with E-state index in [9.17, 15) is 14.4 Å². The van der Waals surface area contributed by atoms with Crippen LogP contribution in [0.4, 0.5) is 4.79 Å². The molecule has 0 radical (unpaired) electrons. The van der Waals surface area contributed by atoms with Gasteiger partial charge >= 0.3 is 6.09 Å². The molecule has 0 aliphatic rings. The standard InChI is InChI=1S/C35H49N3O4/c1-9-11-12-13-17-24-38(30(31(39)37-34(3,4)5)28-22-20-26(10-2)21-23-28)32(40)29(25-27-18-15-14-16-19-27)36-33(41)42-35(6,7)8/h2,14-16,18-23,29-30H,9,11-13,17,24-25H2,1,3-8H3,(H,36,41)(H,37,39). The molecule has 0 heterocycles. The van der Waals surface area contributed by atoms with E-state index < -0.39 is 29.3 Å². The molecule has 0 fully saturated rings. The van der Waals surface area contributed by atoms with Crippen LogP contribution in [0.5, 0.6) is 0 Å². The van der Waals surface area contributed by atoms with Crippen molar-refractivity contribution in [1.29, 1.82) is 0 Å². The van der Waals surface area contributed by atoms with E-state index in [2.05, 4.69) is 23.5 Å². The van der Waals surface area contributed by atoms with Crippen molar-refractivity contribution in [2.24, 2.45) is 0 Å². The lowest BCUT2D eigenvalue weighted by molar-refractivity contribution is -0.143. The van der Waals surface area contributed by atoms with E-state index in [4.69, 9.17) is 11.2 Å². The summed E-state index contributed by atoms with van der Waals surface area (Å²) >= 11 is 0. The maximum Gasteiger partial charge on any atom is 0.408 e. The van der Waals surface area contributed by atoms with Crippen molar-refractivity contribution in [2.45, 2.75) is 110 Å². The van der Waals surface area contributed by atoms with E-state index in [0.717, 1.165) is 37.7 Å². The van der Waals surface area contributed by atoms with Crippen molar-refractivity contribution in [3.8, 4) is 12.3 Å². The van der Waals surface area contributed by atoms with E-state index in [1.54, 1.807) is 49.9 Å². The van der Waals surface area contributed by atoms with Gasteiger partial charge in [0.15, 0.2) is 0 Å². The van der Waals surface area contributed by atoms with Crippen molar-refractivity contribution in [3.05, 3.63) is 71.3 Å². The largest absolute Gasteiger partial charge is 0.444 e. The zero-order valence-corrected chi connectivity index (χ0v) is 26.5. The molecule has 2 unspecified atom stereocenters. The number of nitrogens with zero attached hydrogens (tertiary/aromatic N) is 1. The van der Waals surface area contributed by atoms with Gasteiger partial charge in [0.1, 0.15) is 17.7 Å². The van der Waals surface area contributed by atoms with Crippen LogP contribution in [0.15, 0.2) is 54.6 Å². The van der Waals surface area contributed by atoms with Crippen molar-refractivity contribution in [1.82, 2.24) is 15.5 Å². The molecule has 3 amide bonds. The first-order valence-electron chi connectivity index (χ1n) is 15.0. The Morgan fingerprint density at radius 1 is 0.905 bits per heavy atom. The highest BCUT2D eigenvalue weighted by Crippen LogP contribution is 2.26. The third-order valence-electron chi connectivity index (χ3n) is 6.51. The second kappa shape index (κ2) is 16.0. The first kappa shape index (κ1) is 34.4. The van der Waals surface area contributed by atoms with Crippen LogP contribution < -0.4 is 10.6 Å². The predicted octanol–water partition coefficient (Wildman–Crippen LogP) is 6.56. The molecule has 2 N–H and O–H groups in total. The van der Waals surface area contributed by atoms with Crippen molar-refractivity contribution in [2.75, 3.05) is 6.54 Å². The third-order valence-corrected chi connectivity index (χ3v) is 6.51. The van der Waals surface area contributed by atoms with E-state index in [1.807, 2.05) is 51.1 Å². The van der Waals surface area contributed by atoms with Crippen LogP contribution >= 0.6 is 0 Å². The Hall–Kier alpha value is -3.79. The fourth-order valence-electron chi connectivity index (χ4n) is 4.62. The lowest BCUT2D eigenvalue weighted by Crippen LogP contribution is -2.55. The summed E-state index contributed by atoms with van der Waals surface area (Å²) in [6, 6.07) is 14.8. The first-order chi connectivity index (χ1) is 19.7. The minimum Gasteiger partial charge on any atom is -0.444 e. The summed E-state index contributed by atoms with van der Waals surface area (Å²) in [4.78, 5) is 43.0. The van der Waals surface area contributed by atoms with Gasteiger partial charge in [-0.15, -0.1) is 6.42 Å². The zero-order chi connectivity index (χ0) is 31.3. The number of rotatable bonds is 13. The number of amides is 3. The maximum atomic E-state index is 14.5. The Bertz CT molecular complexity index is 1190. The van der Waals surface area contributed by atoms with E-state index in [-0.39, 0.29) is 18.2 Å². The molecule has 7 nitrogen and oxygen atoms in total. The normalized spacial score (nSPS) is 12.9. The molecule has 0 aliphatic heterocycles. The quantitative estimate of drug-likeness (QED) is 0.209. The van der Waals surface area contributed by atoms with E-state index in [1.165, 1.54) is 0 Å². The van der Waals surface area contributed by atoms with Gasteiger partial charge < -0.3 is 20.3 Å². The summed E-state index contributed by atoms with van der Waals surface area (Å²) in [6.07, 6.45) is 10.0. The number of terminal acetylenes is 1. The topological polar surface area (TPSA) is 87.7 Å². The number of hydrogen-bond donors (Lipinski definition) is 2. The summed E-state index contributed by atoms with van der Waals surface area (Å²) in [5.41, 5.74) is 0.941. The molecule has 0 spiro atoms. The molecule has 0 bridgehead atoms. The van der Waals surface area contributed by atoms with Gasteiger partial charge in [-0.25, -0.2) is 4.79 Å². The molecule has 2 rings (SSSR count). The summed E-state index contributed by atoms with van der Waals surface area (Å²) in [5, 5.41) is 5.88. The molecule has 2 aromatic carbocycles. The fraction of sp³-hybridized carbons (Fsp3) is 0.514. The summed E-state index contributed by atoms with van der Waals surface area (Å²) < 4.78 is 5.53. The van der Waals surface area contributed by atoms with Gasteiger partial charge in [0.25, 0.3) is 0 Å². The van der Waals surface area contributed by atoms with E-state index in [0.29, 0.717) is 17.7 Å². The number of carbonyl (C=O) groups excluding carboxylic acids is 3. The Morgan fingerprint density at radius 2 is 1.52 bits per heavy atom. The van der Waals surface area contributed by atoms with Crippen LogP contribution in [0, 0.1) is 12.3 Å². The molecule has 0 aliphatic carbocycles. The van der Waals surface area contributed by atoms with Gasteiger partial charge in [-0.3, -0.25) is 9.59 Å². The second-order valence-corrected chi connectivity index (χ2v) is 12.7. The second-order valence-electron chi connectivity index (χ2n) is 12.7. The Kier molecular flexibility index (Phi) is 13.1. The average Bonchev–Trinajstić information content (AvgIpc) is 2.90. The Balaban J connectivity index is 2.57. The van der Waals surface area contributed by atoms with Crippen molar-refractivity contribution >= 4 is 17.9 Å². The molecule has 2 atom stereocenters. The lowest BCUT2D eigenvalue weighted by Gasteiger charge is -2.36. The van der Waals surface area contributed by atoms with E-state index >= 15 is 0 Å². The molecule has 0 saturated heterocycles. The Labute approximate surface area is 252 Å². The minimum atomic E-state index is -0.951. The molecule has 0 aromatic heterocycles. The summed E-state index contributed by atoms with van der Waals surface area (Å²) in [7, 11) is 0. The molecular formula is C35H49N3O4. The van der Waals surface area contributed by atoms with Crippen LogP contribution in [0.2, 0.25) is 0 Å². The van der Waals surface area contributed by atoms with Crippen LogP contribution in [0.3, 0.4) is 0 Å². The van der Waals surface area contributed by atoms with Crippen molar-refractivity contribution in [3.63, 3.8) is 0 Å². The Morgan fingerprint density at radius 3 is 2.07 bits per heavy atom. The van der Waals surface area contributed by atoms with Gasteiger partial charge in [0.2, 0.25) is 11.8 Å².